The summed E-state index contributed by atoms with van der Waals surface area (Å²) in [5.74, 6) is 0.0544. The van der Waals surface area contributed by atoms with Crippen molar-refractivity contribution in [1.29, 1.82) is 0 Å². The molecular formula is C20H16N2O. The number of fused-ring (bicyclic) bond motifs is 3. The fourth-order valence-corrected chi connectivity index (χ4v) is 3.09. The van der Waals surface area contributed by atoms with Gasteiger partial charge in [-0.1, -0.05) is 36.4 Å². The molecule has 0 saturated heterocycles. The number of nitrogens with one attached hydrogen (secondary N) is 2. The van der Waals surface area contributed by atoms with Crippen LogP contribution < -0.4 is 5.32 Å². The third-order valence-electron chi connectivity index (χ3n) is 4.08. The monoisotopic (exact) mass is 300 g/mol. The van der Waals surface area contributed by atoms with Gasteiger partial charge in [0.05, 0.1) is 11.3 Å². The second-order valence-corrected chi connectivity index (χ2v) is 5.63. The van der Waals surface area contributed by atoms with Crippen LogP contribution in [0.1, 0.15) is 17.3 Å². The SMILES string of the molecule is CC(=O)c1c(Nc2ccccc2)ccc2[nH]c3ccccc3c12. The van der Waals surface area contributed by atoms with E-state index in [-0.39, 0.29) is 5.78 Å². The number of aromatic nitrogens is 1. The summed E-state index contributed by atoms with van der Waals surface area (Å²) in [6, 6.07) is 21.9. The van der Waals surface area contributed by atoms with Crippen molar-refractivity contribution in [2.45, 2.75) is 6.92 Å². The van der Waals surface area contributed by atoms with Gasteiger partial charge in [0, 0.05) is 27.5 Å². The lowest BCUT2D eigenvalue weighted by Crippen LogP contribution is -2.01. The summed E-state index contributed by atoms with van der Waals surface area (Å²) in [5.41, 5.74) is 4.55. The van der Waals surface area contributed by atoms with Crippen molar-refractivity contribution >= 4 is 39.0 Å². The van der Waals surface area contributed by atoms with E-state index < -0.39 is 0 Å². The first kappa shape index (κ1) is 13.6. The van der Waals surface area contributed by atoms with Crippen LogP contribution in [0.3, 0.4) is 0 Å². The van der Waals surface area contributed by atoms with Crippen LogP contribution in [-0.2, 0) is 0 Å². The van der Waals surface area contributed by atoms with Crippen molar-refractivity contribution in [3.05, 3.63) is 72.3 Å². The van der Waals surface area contributed by atoms with Gasteiger partial charge < -0.3 is 10.3 Å². The smallest absolute Gasteiger partial charge is 0.162 e. The molecule has 0 atom stereocenters. The van der Waals surface area contributed by atoms with E-state index in [2.05, 4.69) is 10.3 Å². The maximum Gasteiger partial charge on any atom is 0.162 e. The van der Waals surface area contributed by atoms with E-state index in [1.165, 1.54) is 0 Å². The van der Waals surface area contributed by atoms with Gasteiger partial charge in [-0.3, -0.25) is 4.79 Å². The highest BCUT2D eigenvalue weighted by Gasteiger charge is 2.16. The molecule has 0 unspecified atom stereocenters. The fraction of sp³-hybridized carbons (Fsp3) is 0.0500. The highest BCUT2D eigenvalue weighted by molar-refractivity contribution is 6.20. The summed E-state index contributed by atoms with van der Waals surface area (Å²) >= 11 is 0. The maximum absolute atomic E-state index is 12.4. The van der Waals surface area contributed by atoms with Crippen LogP contribution >= 0.6 is 0 Å². The molecule has 0 aliphatic carbocycles. The van der Waals surface area contributed by atoms with E-state index in [4.69, 9.17) is 0 Å². The van der Waals surface area contributed by atoms with Gasteiger partial charge in [-0.15, -0.1) is 0 Å². The molecule has 112 valence electrons. The molecule has 0 fully saturated rings. The van der Waals surface area contributed by atoms with Gasteiger partial charge in [-0.2, -0.15) is 0 Å². The molecule has 3 aromatic carbocycles. The first-order valence-corrected chi connectivity index (χ1v) is 7.60. The standard InChI is InChI=1S/C20H16N2O/c1-13(23)19-17(21-14-7-3-2-4-8-14)11-12-18-20(19)15-9-5-6-10-16(15)22-18/h2-12,21-22H,1H3. The number of benzene rings is 3. The first-order chi connectivity index (χ1) is 11.2. The van der Waals surface area contributed by atoms with E-state index in [1.807, 2.05) is 66.7 Å². The Kier molecular flexibility index (Phi) is 3.12. The minimum absolute atomic E-state index is 0.0544. The van der Waals surface area contributed by atoms with Crippen LogP contribution in [-0.4, -0.2) is 10.8 Å². The second kappa shape index (κ2) is 5.29. The normalized spacial score (nSPS) is 11.0. The van der Waals surface area contributed by atoms with Crippen molar-refractivity contribution in [2.75, 3.05) is 5.32 Å². The molecule has 0 spiro atoms. The van der Waals surface area contributed by atoms with E-state index in [1.54, 1.807) is 6.92 Å². The number of hydrogen-bond acceptors (Lipinski definition) is 2. The molecule has 0 amide bonds. The molecule has 1 heterocycles. The maximum atomic E-state index is 12.4. The zero-order chi connectivity index (χ0) is 15.8. The van der Waals surface area contributed by atoms with Gasteiger partial charge in [-0.25, -0.2) is 0 Å². The highest BCUT2D eigenvalue weighted by atomic mass is 16.1. The molecule has 0 radical (unpaired) electrons. The molecule has 23 heavy (non-hydrogen) atoms. The second-order valence-electron chi connectivity index (χ2n) is 5.63. The number of carbonyl (C=O) groups is 1. The molecule has 3 nitrogen and oxygen atoms in total. The first-order valence-electron chi connectivity index (χ1n) is 7.60. The summed E-state index contributed by atoms with van der Waals surface area (Å²) in [6.07, 6.45) is 0. The van der Waals surface area contributed by atoms with Gasteiger partial charge >= 0.3 is 0 Å². The average Bonchev–Trinajstić information content (AvgIpc) is 2.94. The van der Waals surface area contributed by atoms with Crippen LogP contribution in [0.5, 0.6) is 0 Å². The Labute approximate surface area is 134 Å². The molecule has 0 aliphatic rings. The Balaban J connectivity index is 1.99. The van der Waals surface area contributed by atoms with E-state index in [0.717, 1.165) is 38.7 Å². The summed E-state index contributed by atoms with van der Waals surface area (Å²) < 4.78 is 0. The molecule has 0 aliphatic heterocycles. The predicted molar refractivity (Wildman–Crippen MR) is 95.5 cm³/mol. The summed E-state index contributed by atoms with van der Waals surface area (Å²) in [7, 11) is 0. The van der Waals surface area contributed by atoms with E-state index >= 15 is 0 Å². The number of rotatable bonds is 3. The van der Waals surface area contributed by atoms with Crippen LogP contribution in [0.2, 0.25) is 0 Å². The largest absolute Gasteiger partial charge is 0.355 e. The Hall–Kier alpha value is -3.07. The van der Waals surface area contributed by atoms with Gasteiger partial charge in [-0.05, 0) is 37.3 Å². The fourth-order valence-electron chi connectivity index (χ4n) is 3.09. The lowest BCUT2D eigenvalue weighted by atomic mass is 10.0. The zero-order valence-corrected chi connectivity index (χ0v) is 12.8. The quantitative estimate of drug-likeness (QED) is 0.506. The zero-order valence-electron chi connectivity index (χ0n) is 12.8. The Morgan fingerprint density at radius 2 is 1.61 bits per heavy atom. The average molecular weight is 300 g/mol. The van der Waals surface area contributed by atoms with Gasteiger partial charge in [0.2, 0.25) is 0 Å². The van der Waals surface area contributed by atoms with Crippen molar-refractivity contribution in [1.82, 2.24) is 4.98 Å². The molecule has 0 saturated carbocycles. The topological polar surface area (TPSA) is 44.9 Å². The highest BCUT2D eigenvalue weighted by Crippen LogP contribution is 2.34. The molecule has 3 heteroatoms. The number of hydrogen-bond donors (Lipinski definition) is 2. The van der Waals surface area contributed by atoms with Crippen molar-refractivity contribution in [3.63, 3.8) is 0 Å². The minimum atomic E-state index is 0.0544. The van der Waals surface area contributed by atoms with Crippen molar-refractivity contribution in [2.24, 2.45) is 0 Å². The third kappa shape index (κ3) is 2.27. The van der Waals surface area contributed by atoms with Crippen LogP contribution in [0.15, 0.2) is 66.7 Å². The summed E-state index contributed by atoms with van der Waals surface area (Å²) in [6.45, 7) is 1.62. The lowest BCUT2D eigenvalue weighted by Gasteiger charge is -2.12. The molecule has 1 aromatic heterocycles. The Bertz CT molecular complexity index is 1020. The number of H-pyrrole nitrogens is 1. The summed E-state index contributed by atoms with van der Waals surface area (Å²) in [4.78, 5) is 15.7. The number of carbonyl (C=O) groups excluding carboxylic acids is 1. The Morgan fingerprint density at radius 1 is 0.870 bits per heavy atom. The van der Waals surface area contributed by atoms with E-state index in [0.29, 0.717) is 0 Å². The van der Waals surface area contributed by atoms with Gasteiger partial charge in [0.25, 0.3) is 0 Å². The molecular weight excluding hydrogens is 284 g/mol. The number of ketones is 1. The van der Waals surface area contributed by atoms with E-state index in [9.17, 15) is 4.79 Å². The molecule has 0 bridgehead atoms. The summed E-state index contributed by atoms with van der Waals surface area (Å²) in [5, 5.41) is 5.42. The van der Waals surface area contributed by atoms with Crippen LogP contribution in [0.25, 0.3) is 21.8 Å². The molecule has 4 rings (SSSR count). The minimum Gasteiger partial charge on any atom is -0.355 e. The number of anilines is 2. The van der Waals surface area contributed by atoms with Crippen LogP contribution in [0, 0.1) is 0 Å². The van der Waals surface area contributed by atoms with Crippen molar-refractivity contribution in [3.8, 4) is 0 Å². The number of Topliss-reactive ketones (excluding diaryl/α,β-unsaturated/α-hetero) is 1. The third-order valence-corrected chi connectivity index (χ3v) is 4.08. The number of aromatic amines is 1. The Morgan fingerprint density at radius 3 is 2.39 bits per heavy atom. The molecule has 4 aromatic rings. The van der Waals surface area contributed by atoms with Gasteiger partial charge in [0.15, 0.2) is 5.78 Å². The molecule has 2 N–H and O–H groups in total. The van der Waals surface area contributed by atoms with Gasteiger partial charge in [0.1, 0.15) is 0 Å². The van der Waals surface area contributed by atoms with Crippen LogP contribution in [0.4, 0.5) is 11.4 Å². The predicted octanol–water partition coefficient (Wildman–Crippen LogP) is 5.27. The number of para-hydroxylation sites is 2. The lowest BCUT2D eigenvalue weighted by molar-refractivity contribution is 0.102. The van der Waals surface area contributed by atoms with Crippen molar-refractivity contribution < 1.29 is 4.79 Å².